The Bertz CT molecular complexity index is 657. The lowest BCUT2D eigenvalue weighted by Crippen LogP contribution is -2.24. The molecule has 106 valence electrons. The summed E-state index contributed by atoms with van der Waals surface area (Å²) in [6, 6.07) is 4.73. The van der Waals surface area contributed by atoms with Gasteiger partial charge >= 0.3 is 6.18 Å². The van der Waals surface area contributed by atoms with Crippen LogP contribution in [0.4, 0.5) is 13.2 Å². The summed E-state index contributed by atoms with van der Waals surface area (Å²) in [6.45, 7) is 0. The number of benzene rings is 1. The molecule has 0 bridgehead atoms. The third kappa shape index (κ3) is 3.37. The normalized spacial score (nSPS) is 11.7. The monoisotopic (exact) mass is 368 g/mol. The van der Waals surface area contributed by atoms with E-state index in [4.69, 9.17) is 11.6 Å². The lowest BCUT2D eigenvalue weighted by atomic mass is 10.2. The molecule has 0 spiro atoms. The molecule has 0 atom stereocenters. The van der Waals surface area contributed by atoms with E-state index >= 15 is 0 Å². The van der Waals surface area contributed by atoms with Gasteiger partial charge in [-0.3, -0.25) is 4.79 Å². The van der Waals surface area contributed by atoms with Gasteiger partial charge in [0.25, 0.3) is 0 Å². The molecule has 0 amide bonds. The molecule has 0 aliphatic carbocycles. The lowest BCUT2D eigenvalue weighted by molar-refractivity contribution is -0.170. The van der Waals surface area contributed by atoms with Crippen molar-refractivity contribution in [2.24, 2.45) is 0 Å². The summed E-state index contributed by atoms with van der Waals surface area (Å²) in [4.78, 5) is 14.5. The van der Waals surface area contributed by atoms with E-state index in [1.807, 2.05) is 0 Å². The van der Waals surface area contributed by atoms with Crippen molar-refractivity contribution in [1.29, 1.82) is 0 Å². The number of alkyl halides is 3. The van der Waals surface area contributed by atoms with Crippen molar-refractivity contribution in [1.82, 2.24) is 10.1 Å². The van der Waals surface area contributed by atoms with Crippen LogP contribution in [0.1, 0.15) is 5.89 Å². The summed E-state index contributed by atoms with van der Waals surface area (Å²) >= 11 is 9.01. The number of carbonyl (C=O) groups excluding carboxylic acids is 1. The van der Waals surface area contributed by atoms with Crippen LogP contribution in [-0.4, -0.2) is 22.1 Å². The molecule has 4 nitrogen and oxygen atoms in total. The van der Waals surface area contributed by atoms with Crippen LogP contribution in [0.15, 0.2) is 27.2 Å². The molecular weight excluding hydrogens is 364 g/mol. The Morgan fingerprint density at radius 1 is 1.40 bits per heavy atom. The first-order chi connectivity index (χ1) is 9.27. The van der Waals surface area contributed by atoms with Gasteiger partial charge in [0, 0.05) is 10.0 Å². The van der Waals surface area contributed by atoms with Gasteiger partial charge in [-0.15, -0.1) is 0 Å². The highest BCUT2D eigenvalue weighted by molar-refractivity contribution is 9.10. The fourth-order valence-electron chi connectivity index (χ4n) is 1.32. The molecule has 0 saturated heterocycles. The first-order valence-electron chi connectivity index (χ1n) is 5.15. The summed E-state index contributed by atoms with van der Waals surface area (Å²) < 4.78 is 41.5. The molecule has 0 fully saturated rings. The Balaban J connectivity index is 2.21. The number of halogens is 5. The molecule has 1 aromatic carbocycles. The maximum Gasteiger partial charge on any atom is 0.450 e. The van der Waals surface area contributed by atoms with E-state index in [1.54, 1.807) is 18.2 Å². The third-order valence-corrected chi connectivity index (χ3v) is 3.49. The van der Waals surface area contributed by atoms with Crippen molar-refractivity contribution in [2.75, 3.05) is 0 Å². The van der Waals surface area contributed by atoms with Gasteiger partial charge in [-0.25, -0.2) is 0 Å². The SMILES string of the molecule is O=C(Cc1nc(-c2ccc(Cl)c(Br)c2)no1)C(F)(F)F. The molecule has 1 aromatic heterocycles. The molecule has 0 aliphatic heterocycles. The number of nitrogens with zero attached hydrogens (tertiary/aromatic N) is 2. The minimum atomic E-state index is -4.92. The minimum absolute atomic E-state index is 0.0762. The van der Waals surface area contributed by atoms with Crippen LogP contribution in [0.3, 0.4) is 0 Å². The van der Waals surface area contributed by atoms with E-state index < -0.39 is 24.3 Å². The maximum absolute atomic E-state index is 12.1. The molecule has 0 saturated carbocycles. The lowest BCUT2D eigenvalue weighted by Gasteiger charge is -2.01. The maximum atomic E-state index is 12.1. The Morgan fingerprint density at radius 2 is 2.10 bits per heavy atom. The first-order valence-corrected chi connectivity index (χ1v) is 6.32. The van der Waals surface area contributed by atoms with Crippen LogP contribution in [0.25, 0.3) is 11.4 Å². The number of Topliss-reactive ketones (excluding diaryl/α,β-unsaturated/α-hetero) is 1. The zero-order valence-electron chi connectivity index (χ0n) is 9.54. The Kier molecular flexibility index (Phi) is 4.14. The van der Waals surface area contributed by atoms with Crippen LogP contribution < -0.4 is 0 Å². The highest BCUT2D eigenvalue weighted by Crippen LogP contribution is 2.27. The van der Waals surface area contributed by atoms with Crippen LogP contribution >= 0.6 is 27.5 Å². The van der Waals surface area contributed by atoms with Crippen LogP contribution in [-0.2, 0) is 11.2 Å². The zero-order chi connectivity index (χ0) is 14.9. The predicted octanol–water partition coefficient (Wildman–Crippen LogP) is 3.83. The van der Waals surface area contributed by atoms with Crippen LogP contribution in [0.5, 0.6) is 0 Å². The van der Waals surface area contributed by atoms with Gasteiger partial charge in [0.1, 0.15) is 0 Å². The molecule has 0 aliphatic rings. The molecular formula is C11H5BrClF3N2O2. The molecule has 20 heavy (non-hydrogen) atoms. The molecule has 2 aromatic rings. The Hall–Kier alpha value is -1.41. The van der Waals surface area contributed by atoms with Gasteiger partial charge in [-0.1, -0.05) is 16.8 Å². The number of aromatic nitrogens is 2. The highest BCUT2D eigenvalue weighted by Gasteiger charge is 2.39. The Morgan fingerprint density at radius 3 is 2.70 bits per heavy atom. The molecule has 0 radical (unpaired) electrons. The highest BCUT2D eigenvalue weighted by atomic mass is 79.9. The average Bonchev–Trinajstić information content (AvgIpc) is 2.80. The number of hydrogen-bond acceptors (Lipinski definition) is 4. The van der Waals surface area contributed by atoms with Gasteiger partial charge < -0.3 is 4.52 Å². The van der Waals surface area contributed by atoms with Gasteiger partial charge in [-0.05, 0) is 34.1 Å². The zero-order valence-corrected chi connectivity index (χ0v) is 11.9. The minimum Gasteiger partial charge on any atom is -0.338 e. The van der Waals surface area contributed by atoms with Crippen molar-refractivity contribution in [2.45, 2.75) is 12.6 Å². The fourth-order valence-corrected chi connectivity index (χ4v) is 1.81. The second-order valence-corrected chi connectivity index (χ2v) is 5.00. The van der Waals surface area contributed by atoms with Crippen molar-refractivity contribution >= 4 is 33.3 Å². The average molecular weight is 370 g/mol. The predicted molar refractivity (Wildman–Crippen MR) is 67.2 cm³/mol. The van der Waals surface area contributed by atoms with Gasteiger partial charge in [0.2, 0.25) is 17.5 Å². The second kappa shape index (κ2) is 5.53. The van der Waals surface area contributed by atoms with E-state index in [0.717, 1.165) is 0 Å². The molecule has 0 unspecified atom stereocenters. The topological polar surface area (TPSA) is 56.0 Å². The first kappa shape index (κ1) is 15.0. The Labute approximate surface area is 124 Å². The van der Waals surface area contributed by atoms with E-state index in [2.05, 4.69) is 30.6 Å². The van der Waals surface area contributed by atoms with Crippen LogP contribution in [0, 0.1) is 0 Å². The van der Waals surface area contributed by atoms with E-state index in [0.29, 0.717) is 15.1 Å². The van der Waals surface area contributed by atoms with Crippen LogP contribution in [0.2, 0.25) is 5.02 Å². The summed E-state index contributed by atoms with van der Waals surface area (Å²) in [5.74, 6) is -2.26. The van der Waals surface area contributed by atoms with Crippen molar-refractivity contribution in [3.63, 3.8) is 0 Å². The molecule has 2 rings (SSSR count). The molecule has 1 heterocycles. The standard InChI is InChI=1S/C11H5BrClF3N2O2/c12-6-3-5(1-2-7(6)13)10-17-9(20-18-10)4-8(19)11(14,15)16/h1-3H,4H2. The number of hydrogen-bond donors (Lipinski definition) is 0. The van der Waals surface area contributed by atoms with Gasteiger partial charge in [0.15, 0.2) is 0 Å². The van der Waals surface area contributed by atoms with Crippen molar-refractivity contribution in [3.05, 3.63) is 33.6 Å². The van der Waals surface area contributed by atoms with E-state index in [9.17, 15) is 18.0 Å². The quantitative estimate of drug-likeness (QED) is 0.825. The summed E-state index contributed by atoms with van der Waals surface area (Å²) in [5.41, 5.74) is 0.496. The van der Waals surface area contributed by atoms with Crippen molar-refractivity contribution in [3.8, 4) is 11.4 Å². The van der Waals surface area contributed by atoms with E-state index in [-0.39, 0.29) is 5.82 Å². The number of rotatable bonds is 3. The second-order valence-electron chi connectivity index (χ2n) is 3.74. The van der Waals surface area contributed by atoms with Gasteiger partial charge in [0.05, 0.1) is 11.4 Å². The largest absolute Gasteiger partial charge is 0.450 e. The number of carbonyl (C=O) groups is 1. The number of ketones is 1. The third-order valence-electron chi connectivity index (χ3n) is 2.27. The fraction of sp³-hybridized carbons (Fsp3) is 0.182. The smallest absolute Gasteiger partial charge is 0.338 e. The summed E-state index contributed by atoms with van der Waals surface area (Å²) in [7, 11) is 0. The van der Waals surface area contributed by atoms with Crippen molar-refractivity contribution < 1.29 is 22.5 Å². The molecule has 9 heteroatoms. The summed E-state index contributed by atoms with van der Waals surface area (Å²) in [6.07, 6.45) is -5.90. The van der Waals surface area contributed by atoms with Gasteiger partial charge in [-0.2, -0.15) is 18.2 Å². The summed E-state index contributed by atoms with van der Waals surface area (Å²) in [5, 5.41) is 3.99. The van der Waals surface area contributed by atoms with E-state index in [1.165, 1.54) is 0 Å². The molecule has 0 N–H and O–H groups in total.